The molecule has 0 unspecified atom stereocenters. The molecule has 0 aliphatic rings. The fourth-order valence-electron chi connectivity index (χ4n) is 2.50. The predicted octanol–water partition coefficient (Wildman–Crippen LogP) is 3.32. The molecule has 0 fully saturated rings. The zero-order valence-corrected chi connectivity index (χ0v) is 13.4. The first-order valence-electron chi connectivity index (χ1n) is 7.61. The number of aromatic nitrogens is 2. The lowest BCUT2D eigenvalue weighted by Gasteiger charge is -2.17. The second-order valence-electron chi connectivity index (χ2n) is 5.14. The number of nitrogens with zero attached hydrogens (tertiary/aromatic N) is 2. The molecule has 0 saturated heterocycles. The lowest BCUT2D eigenvalue weighted by Crippen LogP contribution is -2.20. The van der Waals surface area contributed by atoms with Crippen LogP contribution in [-0.4, -0.2) is 16.9 Å². The first-order chi connectivity index (χ1) is 10.2. The summed E-state index contributed by atoms with van der Waals surface area (Å²) in [6, 6.07) is 10.6. The third kappa shape index (κ3) is 3.64. The fourth-order valence-corrected chi connectivity index (χ4v) is 2.50. The molecule has 0 aliphatic carbocycles. The zero-order valence-electron chi connectivity index (χ0n) is 13.4. The van der Waals surface area contributed by atoms with Gasteiger partial charge in [0.15, 0.2) is 0 Å². The summed E-state index contributed by atoms with van der Waals surface area (Å²) in [7, 11) is 1.71. The molecule has 1 N–H and O–H groups in total. The van der Waals surface area contributed by atoms with Gasteiger partial charge in [0.2, 0.25) is 0 Å². The number of hydrogen-bond acceptors (Lipinski definition) is 3. The van der Waals surface area contributed by atoms with Crippen LogP contribution in [0.1, 0.15) is 43.8 Å². The van der Waals surface area contributed by atoms with Crippen molar-refractivity contribution in [2.45, 2.75) is 46.3 Å². The van der Waals surface area contributed by atoms with Crippen molar-refractivity contribution in [2.24, 2.45) is 0 Å². The van der Waals surface area contributed by atoms with Crippen LogP contribution in [0.2, 0.25) is 0 Å². The van der Waals surface area contributed by atoms with Gasteiger partial charge < -0.3 is 10.1 Å². The minimum atomic E-state index is 0.228. The molecule has 1 heterocycles. The van der Waals surface area contributed by atoms with Gasteiger partial charge in [-0.3, -0.25) is 4.68 Å². The first-order valence-corrected chi connectivity index (χ1v) is 7.61. The van der Waals surface area contributed by atoms with Gasteiger partial charge in [0.25, 0.3) is 0 Å². The number of rotatable bonds is 7. The van der Waals surface area contributed by atoms with E-state index in [1.165, 1.54) is 11.3 Å². The number of hydrogen-bond donors (Lipinski definition) is 1. The van der Waals surface area contributed by atoms with E-state index in [9.17, 15) is 0 Å². The van der Waals surface area contributed by atoms with Crippen LogP contribution >= 0.6 is 0 Å². The van der Waals surface area contributed by atoms with Crippen molar-refractivity contribution in [3.63, 3.8) is 0 Å². The van der Waals surface area contributed by atoms with Crippen molar-refractivity contribution in [3.8, 4) is 5.75 Å². The van der Waals surface area contributed by atoms with E-state index in [2.05, 4.69) is 48.0 Å². The van der Waals surface area contributed by atoms with Crippen molar-refractivity contribution in [2.75, 3.05) is 7.11 Å². The molecule has 1 aromatic carbocycles. The number of aryl methyl sites for hydroxylation is 2. The summed E-state index contributed by atoms with van der Waals surface area (Å²) in [6.07, 6.45) is 0.974. The molecular weight excluding hydrogens is 262 g/mol. The van der Waals surface area contributed by atoms with Crippen LogP contribution in [0.25, 0.3) is 0 Å². The van der Waals surface area contributed by atoms with Gasteiger partial charge in [-0.1, -0.05) is 25.1 Å². The molecule has 0 bridgehead atoms. The smallest absolute Gasteiger partial charge is 0.123 e. The summed E-state index contributed by atoms with van der Waals surface area (Å²) >= 11 is 0. The van der Waals surface area contributed by atoms with E-state index in [1.54, 1.807) is 7.11 Å². The van der Waals surface area contributed by atoms with Gasteiger partial charge in [0.1, 0.15) is 5.75 Å². The van der Waals surface area contributed by atoms with Crippen molar-refractivity contribution >= 4 is 0 Å². The molecule has 2 rings (SSSR count). The Hall–Kier alpha value is -1.81. The van der Waals surface area contributed by atoms with Gasteiger partial charge >= 0.3 is 0 Å². The standard InChI is InChI=1S/C17H25N3O/c1-5-14-11-15(20(6-2)19-14)12-18-13(3)16-9-7-8-10-17(16)21-4/h7-11,13,18H,5-6,12H2,1-4H3/t13-/m1/s1. The Labute approximate surface area is 127 Å². The average molecular weight is 287 g/mol. The molecule has 1 atom stereocenters. The minimum absolute atomic E-state index is 0.228. The molecule has 0 amide bonds. The molecule has 1 aromatic heterocycles. The number of methoxy groups -OCH3 is 1. The third-order valence-electron chi connectivity index (χ3n) is 3.77. The van der Waals surface area contributed by atoms with E-state index in [1.807, 2.05) is 18.2 Å². The van der Waals surface area contributed by atoms with Crippen LogP contribution in [0.5, 0.6) is 5.75 Å². The molecular formula is C17H25N3O. The van der Waals surface area contributed by atoms with Crippen LogP contribution in [-0.2, 0) is 19.5 Å². The highest BCUT2D eigenvalue weighted by atomic mass is 16.5. The van der Waals surface area contributed by atoms with E-state index in [0.29, 0.717) is 0 Å². The maximum atomic E-state index is 5.43. The topological polar surface area (TPSA) is 39.1 Å². The Balaban J connectivity index is 2.07. The summed E-state index contributed by atoms with van der Waals surface area (Å²) in [5.41, 5.74) is 3.56. The highest BCUT2D eigenvalue weighted by Crippen LogP contribution is 2.24. The van der Waals surface area contributed by atoms with Gasteiger partial charge in [-0.05, 0) is 32.4 Å². The SMILES string of the molecule is CCc1cc(CN[C@H](C)c2ccccc2OC)n(CC)n1. The number of ether oxygens (including phenoxy) is 1. The van der Waals surface area contributed by atoms with Crippen molar-refractivity contribution in [3.05, 3.63) is 47.3 Å². The zero-order chi connectivity index (χ0) is 15.2. The molecule has 0 spiro atoms. The number of benzene rings is 1. The summed E-state index contributed by atoms with van der Waals surface area (Å²) in [5, 5.41) is 8.14. The minimum Gasteiger partial charge on any atom is -0.496 e. The van der Waals surface area contributed by atoms with Crippen LogP contribution < -0.4 is 10.1 Å². The van der Waals surface area contributed by atoms with Crippen LogP contribution in [0.15, 0.2) is 30.3 Å². The van der Waals surface area contributed by atoms with Crippen molar-refractivity contribution in [1.29, 1.82) is 0 Å². The second kappa shape index (κ2) is 7.27. The summed E-state index contributed by atoms with van der Waals surface area (Å²) < 4.78 is 7.50. The van der Waals surface area contributed by atoms with Crippen molar-refractivity contribution < 1.29 is 4.74 Å². The molecule has 114 valence electrons. The lowest BCUT2D eigenvalue weighted by molar-refractivity contribution is 0.400. The Morgan fingerprint density at radius 3 is 2.71 bits per heavy atom. The largest absolute Gasteiger partial charge is 0.496 e. The Morgan fingerprint density at radius 1 is 1.29 bits per heavy atom. The molecule has 21 heavy (non-hydrogen) atoms. The quantitative estimate of drug-likeness (QED) is 0.849. The number of para-hydroxylation sites is 1. The van der Waals surface area contributed by atoms with E-state index in [-0.39, 0.29) is 6.04 Å². The fraction of sp³-hybridized carbons (Fsp3) is 0.471. The lowest BCUT2D eigenvalue weighted by atomic mass is 10.1. The maximum Gasteiger partial charge on any atom is 0.123 e. The van der Waals surface area contributed by atoms with Crippen LogP contribution in [0.4, 0.5) is 0 Å². The Kier molecular flexibility index (Phi) is 5.39. The molecule has 0 radical (unpaired) electrons. The maximum absolute atomic E-state index is 5.43. The van der Waals surface area contributed by atoms with Gasteiger partial charge in [0, 0.05) is 24.7 Å². The van der Waals surface area contributed by atoms with E-state index in [4.69, 9.17) is 4.74 Å². The molecule has 0 aliphatic heterocycles. The predicted molar refractivity (Wildman–Crippen MR) is 85.5 cm³/mol. The second-order valence-corrected chi connectivity index (χ2v) is 5.14. The monoisotopic (exact) mass is 287 g/mol. The average Bonchev–Trinajstić information content (AvgIpc) is 2.95. The summed E-state index contributed by atoms with van der Waals surface area (Å²) in [4.78, 5) is 0. The van der Waals surface area contributed by atoms with E-state index < -0.39 is 0 Å². The third-order valence-corrected chi connectivity index (χ3v) is 3.77. The van der Waals surface area contributed by atoms with Gasteiger partial charge in [-0.15, -0.1) is 0 Å². The highest BCUT2D eigenvalue weighted by molar-refractivity contribution is 5.35. The van der Waals surface area contributed by atoms with Crippen LogP contribution in [0, 0.1) is 0 Å². The number of nitrogens with one attached hydrogen (secondary N) is 1. The molecule has 2 aromatic rings. The van der Waals surface area contributed by atoms with Crippen molar-refractivity contribution in [1.82, 2.24) is 15.1 Å². The summed E-state index contributed by atoms with van der Waals surface area (Å²) in [5.74, 6) is 0.927. The highest BCUT2D eigenvalue weighted by Gasteiger charge is 2.12. The summed E-state index contributed by atoms with van der Waals surface area (Å²) in [6.45, 7) is 8.13. The first kappa shape index (κ1) is 15.6. The van der Waals surface area contributed by atoms with Gasteiger partial charge in [-0.25, -0.2) is 0 Å². The Morgan fingerprint density at radius 2 is 2.05 bits per heavy atom. The molecule has 4 heteroatoms. The molecule has 4 nitrogen and oxygen atoms in total. The normalized spacial score (nSPS) is 12.4. The van der Waals surface area contributed by atoms with Gasteiger partial charge in [0.05, 0.1) is 18.5 Å². The van der Waals surface area contributed by atoms with E-state index >= 15 is 0 Å². The van der Waals surface area contributed by atoms with E-state index in [0.717, 1.165) is 31.0 Å². The van der Waals surface area contributed by atoms with Gasteiger partial charge in [-0.2, -0.15) is 5.10 Å². The van der Waals surface area contributed by atoms with Crippen LogP contribution in [0.3, 0.4) is 0 Å². The Bertz CT molecular complexity index is 577. The molecule has 0 saturated carbocycles.